The van der Waals surface area contributed by atoms with Crippen LogP contribution in [0.15, 0.2) is 48.7 Å². The van der Waals surface area contributed by atoms with Crippen molar-refractivity contribution in [2.45, 2.75) is 26.4 Å². The van der Waals surface area contributed by atoms with Gasteiger partial charge < -0.3 is 9.47 Å². The largest absolute Gasteiger partial charge is 0.510 e. The molecule has 1 amide bonds. The van der Waals surface area contributed by atoms with E-state index in [1.165, 1.54) is 17.1 Å². The van der Waals surface area contributed by atoms with Crippen LogP contribution in [0.3, 0.4) is 0 Å². The molecule has 0 N–H and O–H groups in total. The van der Waals surface area contributed by atoms with E-state index < -0.39 is 11.8 Å². The van der Waals surface area contributed by atoms with Crippen LogP contribution in [-0.4, -0.2) is 29.3 Å². The number of allylic oxidation sites excluding steroid dienone is 1. The average Bonchev–Trinajstić information content (AvgIpc) is 2.55. The minimum atomic E-state index is -0.842. The van der Waals surface area contributed by atoms with Gasteiger partial charge in [0.15, 0.2) is 6.73 Å². The SMILES string of the molecule is C=CC1=C(C=C)C(=O)N(COC(=O)OC(C)(C)C)C1=C. The molecule has 20 heavy (non-hydrogen) atoms. The maximum atomic E-state index is 12.1. The van der Waals surface area contributed by atoms with Gasteiger partial charge in [0.1, 0.15) is 5.60 Å². The van der Waals surface area contributed by atoms with Crippen molar-refractivity contribution in [1.82, 2.24) is 4.90 Å². The lowest BCUT2D eigenvalue weighted by atomic mass is 10.1. The molecule has 108 valence electrons. The zero-order valence-electron chi connectivity index (χ0n) is 12.1. The Hall–Kier alpha value is -2.30. The summed E-state index contributed by atoms with van der Waals surface area (Å²) in [4.78, 5) is 24.8. The fraction of sp³-hybridized carbons (Fsp3) is 0.333. The summed E-state index contributed by atoms with van der Waals surface area (Å²) >= 11 is 0. The summed E-state index contributed by atoms with van der Waals surface area (Å²) in [5, 5.41) is 0. The highest BCUT2D eigenvalue weighted by Crippen LogP contribution is 2.29. The number of hydrogen-bond donors (Lipinski definition) is 0. The van der Waals surface area contributed by atoms with Gasteiger partial charge >= 0.3 is 6.16 Å². The van der Waals surface area contributed by atoms with Gasteiger partial charge in [-0.1, -0.05) is 31.9 Å². The molecule has 0 saturated carbocycles. The third kappa shape index (κ3) is 3.38. The monoisotopic (exact) mass is 277 g/mol. The second kappa shape index (κ2) is 5.77. The van der Waals surface area contributed by atoms with E-state index in [1.807, 2.05) is 0 Å². The van der Waals surface area contributed by atoms with Gasteiger partial charge in [0, 0.05) is 16.8 Å². The van der Waals surface area contributed by atoms with Crippen molar-refractivity contribution in [1.29, 1.82) is 0 Å². The van der Waals surface area contributed by atoms with Gasteiger partial charge in [-0.15, -0.1) is 0 Å². The molecule has 1 heterocycles. The molecule has 0 unspecified atom stereocenters. The Balaban J connectivity index is 2.71. The lowest BCUT2D eigenvalue weighted by Crippen LogP contribution is -2.32. The van der Waals surface area contributed by atoms with Crippen molar-refractivity contribution in [3.63, 3.8) is 0 Å². The van der Waals surface area contributed by atoms with Gasteiger partial charge in [0.2, 0.25) is 0 Å². The van der Waals surface area contributed by atoms with E-state index in [0.29, 0.717) is 16.8 Å². The zero-order valence-corrected chi connectivity index (χ0v) is 12.1. The molecule has 0 atom stereocenters. The van der Waals surface area contributed by atoms with Gasteiger partial charge in [0.25, 0.3) is 5.91 Å². The lowest BCUT2D eigenvalue weighted by molar-refractivity contribution is -0.127. The van der Waals surface area contributed by atoms with Crippen molar-refractivity contribution < 1.29 is 19.1 Å². The summed E-state index contributed by atoms with van der Waals surface area (Å²) in [6.07, 6.45) is 2.10. The second-order valence-electron chi connectivity index (χ2n) is 5.15. The Kier molecular flexibility index (Phi) is 4.55. The lowest BCUT2D eigenvalue weighted by Gasteiger charge is -2.21. The van der Waals surface area contributed by atoms with E-state index >= 15 is 0 Å². The highest BCUT2D eigenvalue weighted by molar-refractivity contribution is 6.03. The summed E-state index contributed by atoms with van der Waals surface area (Å²) in [6.45, 7) is 15.9. The first-order valence-corrected chi connectivity index (χ1v) is 6.07. The van der Waals surface area contributed by atoms with Crippen LogP contribution in [-0.2, 0) is 14.3 Å². The van der Waals surface area contributed by atoms with Gasteiger partial charge in [0.05, 0.1) is 0 Å². The molecule has 5 nitrogen and oxygen atoms in total. The molecule has 0 fully saturated rings. The van der Waals surface area contributed by atoms with Crippen molar-refractivity contribution in [3.8, 4) is 0 Å². The molecule has 0 aromatic heterocycles. The topological polar surface area (TPSA) is 55.8 Å². The van der Waals surface area contributed by atoms with Crippen LogP contribution in [0.1, 0.15) is 20.8 Å². The molecule has 0 aliphatic carbocycles. The summed E-state index contributed by atoms with van der Waals surface area (Å²) in [6, 6.07) is 0. The average molecular weight is 277 g/mol. The highest BCUT2D eigenvalue weighted by atomic mass is 16.7. The Morgan fingerprint density at radius 3 is 2.20 bits per heavy atom. The maximum absolute atomic E-state index is 12.1. The van der Waals surface area contributed by atoms with E-state index in [-0.39, 0.29) is 12.6 Å². The van der Waals surface area contributed by atoms with E-state index in [0.717, 1.165) is 0 Å². The Bertz CT molecular complexity index is 478. The van der Waals surface area contributed by atoms with Crippen LogP contribution < -0.4 is 0 Å². The van der Waals surface area contributed by atoms with Gasteiger partial charge in [-0.25, -0.2) is 4.79 Å². The number of rotatable bonds is 4. The van der Waals surface area contributed by atoms with Crippen LogP contribution >= 0.6 is 0 Å². The predicted molar refractivity (Wildman–Crippen MR) is 75.6 cm³/mol. The van der Waals surface area contributed by atoms with E-state index in [4.69, 9.17) is 9.47 Å². The van der Waals surface area contributed by atoms with Crippen molar-refractivity contribution in [2.75, 3.05) is 6.73 Å². The number of carbonyl (C=O) groups excluding carboxylic acids is 2. The van der Waals surface area contributed by atoms with E-state index in [2.05, 4.69) is 19.7 Å². The Morgan fingerprint density at radius 1 is 1.25 bits per heavy atom. The van der Waals surface area contributed by atoms with E-state index in [1.54, 1.807) is 20.8 Å². The number of hydrogen-bond acceptors (Lipinski definition) is 4. The van der Waals surface area contributed by atoms with Crippen molar-refractivity contribution >= 4 is 12.1 Å². The van der Waals surface area contributed by atoms with Gasteiger partial charge in [-0.2, -0.15) is 0 Å². The minimum Gasteiger partial charge on any atom is -0.429 e. The molecule has 5 heteroatoms. The molecule has 0 spiro atoms. The maximum Gasteiger partial charge on any atom is 0.510 e. The molecule has 0 radical (unpaired) electrons. The summed E-state index contributed by atoms with van der Waals surface area (Å²) in [7, 11) is 0. The third-order valence-corrected chi connectivity index (χ3v) is 2.51. The molecule has 1 aliphatic heterocycles. The summed E-state index contributed by atoms with van der Waals surface area (Å²) in [5.74, 6) is -0.330. The quantitative estimate of drug-likeness (QED) is 0.741. The Morgan fingerprint density at radius 2 is 1.80 bits per heavy atom. The number of ether oxygens (including phenoxy) is 2. The van der Waals surface area contributed by atoms with Crippen LogP contribution in [0, 0.1) is 0 Å². The smallest absolute Gasteiger partial charge is 0.429 e. The van der Waals surface area contributed by atoms with Crippen LogP contribution in [0.25, 0.3) is 0 Å². The summed E-state index contributed by atoms with van der Waals surface area (Å²) in [5.41, 5.74) is 0.735. The standard InChI is InChI=1S/C15H19NO4/c1-7-11-10(3)16(13(17)12(11)8-2)9-19-14(18)20-15(4,5)6/h7-8H,1-3,9H2,4-6H3. The zero-order chi connectivity index (χ0) is 15.5. The van der Waals surface area contributed by atoms with Gasteiger partial charge in [-0.3, -0.25) is 9.69 Å². The normalized spacial score (nSPS) is 15.4. The number of amides is 1. The summed E-state index contributed by atoms with van der Waals surface area (Å²) < 4.78 is 9.91. The molecule has 1 rings (SSSR count). The minimum absolute atomic E-state index is 0.263. The van der Waals surface area contributed by atoms with Crippen molar-refractivity contribution in [2.24, 2.45) is 0 Å². The molecular formula is C15H19NO4. The fourth-order valence-electron chi connectivity index (χ4n) is 1.64. The number of nitrogens with zero attached hydrogens (tertiary/aromatic N) is 1. The third-order valence-electron chi connectivity index (χ3n) is 2.51. The van der Waals surface area contributed by atoms with Crippen LogP contribution in [0.5, 0.6) is 0 Å². The molecule has 0 aromatic rings. The van der Waals surface area contributed by atoms with E-state index in [9.17, 15) is 9.59 Å². The first-order valence-electron chi connectivity index (χ1n) is 6.07. The highest BCUT2D eigenvalue weighted by Gasteiger charge is 2.31. The van der Waals surface area contributed by atoms with Gasteiger partial charge in [-0.05, 0) is 20.8 Å². The predicted octanol–water partition coefficient (Wildman–Crippen LogP) is 2.92. The first kappa shape index (κ1) is 15.8. The molecule has 0 bridgehead atoms. The second-order valence-corrected chi connectivity index (χ2v) is 5.15. The fourth-order valence-corrected chi connectivity index (χ4v) is 1.64. The number of carbonyl (C=O) groups is 2. The molecular weight excluding hydrogens is 258 g/mol. The first-order chi connectivity index (χ1) is 9.21. The van der Waals surface area contributed by atoms with Crippen LogP contribution in [0.2, 0.25) is 0 Å². The molecule has 0 aromatic carbocycles. The Labute approximate surface area is 118 Å². The molecule has 1 aliphatic rings. The molecule has 0 saturated heterocycles. The van der Waals surface area contributed by atoms with Crippen LogP contribution in [0.4, 0.5) is 4.79 Å². The van der Waals surface area contributed by atoms with Crippen molar-refractivity contribution in [3.05, 3.63) is 48.7 Å².